The summed E-state index contributed by atoms with van der Waals surface area (Å²) in [7, 11) is 0. The summed E-state index contributed by atoms with van der Waals surface area (Å²) in [6, 6.07) is 8.50. The van der Waals surface area contributed by atoms with Crippen molar-refractivity contribution in [3.05, 3.63) is 47.2 Å². The van der Waals surface area contributed by atoms with Crippen LogP contribution in [0.5, 0.6) is 0 Å². The highest BCUT2D eigenvalue weighted by molar-refractivity contribution is 5.34. The lowest BCUT2D eigenvalue weighted by molar-refractivity contribution is 0.419. The summed E-state index contributed by atoms with van der Waals surface area (Å²) in [4.78, 5) is 0. The van der Waals surface area contributed by atoms with Crippen LogP contribution in [0.3, 0.4) is 0 Å². The van der Waals surface area contributed by atoms with E-state index in [-0.39, 0.29) is 0 Å². The molecule has 3 rings (SSSR count). The maximum Gasteiger partial charge on any atom is 0.220 e. The van der Waals surface area contributed by atoms with Crippen LogP contribution in [-0.4, -0.2) is 16.7 Å². The van der Waals surface area contributed by atoms with Gasteiger partial charge in [0.2, 0.25) is 11.8 Å². The molecule has 0 atom stereocenters. The van der Waals surface area contributed by atoms with Crippen LogP contribution in [0.4, 0.5) is 0 Å². The zero-order valence-electron chi connectivity index (χ0n) is 9.60. The molecule has 0 aliphatic heterocycles. The molecule has 88 valence electrons. The van der Waals surface area contributed by atoms with Crippen molar-refractivity contribution in [2.24, 2.45) is 5.73 Å². The Morgan fingerprint density at radius 2 is 1.88 bits per heavy atom. The Balaban J connectivity index is 1.79. The van der Waals surface area contributed by atoms with Crippen LogP contribution >= 0.6 is 0 Å². The number of rotatable bonds is 3. The first-order valence-electron chi connectivity index (χ1n) is 5.96. The maximum absolute atomic E-state index is 5.64. The summed E-state index contributed by atoms with van der Waals surface area (Å²) in [6.45, 7) is 0.548. The highest BCUT2D eigenvalue weighted by atomic mass is 16.4. The number of hydrogen-bond acceptors (Lipinski definition) is 4. The number of fused-ring (bicyclic) bond motifs is 1. The van der Waals surface area contributed by atoms with Crippen molar-refractivity contribution in [2.75, 3.05) is 6.54 Å². The summed E-state index contributed by atoms with van der Waals surface area (Å²) in [5, 5.41) is 8.14. The van der Waals surface area contributed by atoms with Crippen molar-refractivity contribution in [1.29, 1.82) is 0 Å². The Hall–Kier alpha value is -1.68. The fourth-order valence-electron chi connectivity index (χ4n) is 2.39. The first-order valence-corrected chi connectivity index (χ1v) is 5.96. The molecule has 1 aromatic carbocycles. The van der Waals surface area contributed by atoms with E-state index >= 15 is 0 Å². The van der Waals surface area contributed by atoms with E-state index in [1.165, 1.54) is 11.1 Å². The Morgan fingerprint density at radius 1 is 1.18 bits per heavy atom. The average Bonchev–Trinajstić information content (AvgIpc) is 2.94. The average molecular weight is 229 g/mol. The van der Waals surface area contributed by atoms with E-state index in [4.69, 9.17) is 10.2 Å². The van der Waals surface area contributed by atoms with Gasteiger partial charge in [0, 0.05) is 18.9 Å². The van der Waals surface area contributed by atoms with Gasteiger partial charge in [-0.1, -0.05) is 24.3 Å². The molecule has 0 spiro atoms. The second kappa shape index (κ2) is 4.30. The van der Waals surface area contributed by atoms with Gasteiger partial charge in [0.25, 0.3) is 0 Å². The molecule has 0 radical (unpaired) electrons. The van der Waals surface area contributed by atoms with Gasteiger partial charge in [0.1, 0.15) is 0 Å². The van der Waals surface area contributed by atoms with Crippen LogP contribution < -0.4 is 5.73 Å². The van der Waals surface area contributed by atoms with Gasteiger partial charge >= 0.3 is 0 Å². The monoisotopic (exact) mass is 229 g/mol. The largest absolute Gasteiger partial charge is 0.425 e. The van der Waals surface area contributed by atoms with Crippen LogP contribution in [0.2, 0.25) is 0 Å². The van der Waals surface area contributed by atoms with Gasteiger partial charge in [-0.25, -0.2) is 0 Å². The molecular weight excluding hydrogens is 214 g/mol. The third-order valence-electron chi connectivity index (χ3n) is 3.24. The Morgan fingerprint density at radius 3 is 2.53 bits per heavy atom. The van der Waals surface area contributed by atoms with E-state index in [2.05, 4.69) is 34.5 Å². The first kappa shape index (κ1) is 10.5. The highest BCUT2D eigenvalue weighted by Gasteiger charge is 2.26. The first-order chi connectivity index (χ1) is 8.36. The molecule has 4 nitrogen and oxygen atoms in total. The molecule has 0 saturated carbocycles. The zero-order chi connectivity index (χ0) is 11.7. The topological polar surface area (TPSA) is 64.9 Å². The molecule has 17 heavy (non-hydrogen) atoms. The summed E-state index contributed by atoms with van der Waals surface area (Å²) in [5.74, 6) is 1.74. The number of benzene rings is 1. The summed E-state index contributed by atoms with van der Waals surface area (Å²) < 4.78 is 5.64. The molecule has 0 unspecified atom stereocenters. The molecule has 1 aliphatic rings. The van der Waals surface area contributed by atoms with Crippen molar-refractivity contribution in [3.63, 3.8) is 0 Å². The van der Waals surface area contributed by atoms with Gasteiger partial charge in [-0.2, -0.15) is 0 Å². The van der Waals surface area contributed by atoms with Crippen LogP contribution in [0.25, 0.3) is 0 Å². The second-order valence-corrected chi connectivity index (χ2v) is 4.45. The maximum atomic E-state index is 5.64. The number of hydrogen-bond donors (Lipinski definition) is 1. The van der Waals surface area contributed by atoms with Gasteiger partial charge in [-0.05, 0) is 24.0 Å². The molecule has 4 heteroatoms. The Kier molecular flexibility index (Phi) is 2.65. The van der Waals surface area contributed by atoms with Gasteiger partial charge < -0.3 is 10.2 Å². The third kappa shape index (κ3) is 1.96. The molecule has 0 fully saturated rings. The van der Waals surface area contributed by atoms with Crippen LogP contribution in [0.15, 0.2) is 28.7 Å². The summed E-state index contributed by atoms with van der Waals surface area (Å²) in [5.41, 5.74) is 8.26. The summed E-state index contributed by atoms with van der Waals surface area (Å²) >= 11 is 0. The highest BCUT2D eigenvalue weighted by Crippen LogP contribution is 2.32. The predicted molar refractivity (Wildman–Crippen MR) is 63.6 cm³/mol. The van der Waals surface area contributed by atoms with Crippen LogP contribution in [-0.2, 0) is 19.3 Å². The molecule has 0 amide bonds. The molecular formula is C13H15N3O. The van der Waals surface area contributed by atoms with Crippen molar-refractivity contribution in [1.82, 2.24) is 10.2 Å². The molecule has 1 heterocycles. The number of aromatic nitrogens is 2. The van der Waals surface area contributed by atoms with Gasteiger partial charge in [-0.15, -0.1) is 10.2 Å². The molecule has 0 bridgehead atoms. The van der Waals surface area contributed by atoms with Crippen molar-refractivity contribution in [2.45, 2.75) is 25.2 Å². The van der Waals surface area contributed by atoms with E-state index < -0.39 is 0 Å². The quantitative estimate of drug-likeness (QED) is 0.865. The minimum absolute atomic E-state index is 0.339. The molecule has 1 aliphatic carbocycles. The lowest BCUT2D eigenvalue weighted by Crippen LogP contribution is -2.02. The van der Waals surface area contributed by atoms with Gasteiger partial charge in [-0.3, -0.25) is 0 Å². The Labute approximate surface area is 99.8 Å². The van der Waals surface area contributed by atoms with E-state index in [1.54, 1.807) is 0 Å². The minimum Gasteiger partial charge on any atom is -0.425 e. The predicted octanol–water partition coefficient (Wildman–Crippen LogP) is 1.45. The van der Waals surface area contributed by atoms with Crippen molar-refractivity contribution < 1.29 is 4.42 Å². The van der Waals surface area contributed by atoms with E-state index in [9.17, 15) is 0 Å². The number of nitrogens with two attached hydrogens (primary N) is 1. The standard InChI is InChI=1S/C13H15N3O/c14-6-5-12-15-16-13(17-12)11-7-9-3-1-2-4-10(9)8-11/h1-4,11H,5-8,14H2. The lowest BCUT2D eigenvalue weighted by Gasteiger charge is -2.01. The van der Waals surface area contributed by atoms with Crippen molar-refractivity contribution >= 4 is 0 Å². The van der Waals surface area contributed by atoms with E-state index in [0.29, 0.717) is 24.8 Å². The fourth-order valence-corrected chi connectivity index (χ4v) is 2.39. The van der Waals surface area contributed by atoms with E-state index in [1.807, 2.05) is 0 Å². The lowest BCUT2D eigenvalue weighted by atomic mass is 10.1. The molecule has 0 saturated heterocycles. The van der Waals surface area contributed by atoms with Gasteiger partial charge in [0.15, 0.2) is 0 Å². The Bertz CT molecular complexity index is 496. The SMILES string of the molecule is NCCc1nnc(C2Cc3ccccc3C2)o1. The molecule has 2 N–H and O–H groups in total. The normalized spacial score (nSPS) is 15.1. The number of nitrogens with zero attached hydrogens (tertiary/aromatic N) is 2. The third-order valence-corrected chi connectivity index (χ3v) is 3.24. The second-order valence-electron chi connectivity index (χ2n) is 4.45. The van der Waals surface area contributed by atoms with Crippen LogP contribution in [0, 0.1) is 0 Å². The smallest absolute Gasteiger partial charge is 0.220 e. The summed E-state index contributed by atoms with van der Waals surface area (Å²) in [6.07, 6.45) is 2.66. The van der Waals surface area contributed by atoms with Gasteiger partial charge in [0.05, 0.1) is 0 Å². The van der Waals surface area contributed by atoms with Crippen LogP contribution in [0.1, 0.15) is 28.8 Å². The van der Waals surface area contributed by atoms with E-state index in [0.717, 1.165) is 18.7 Å². The molecule has 2 aromatic rings. The fraction of sp³-hybridized carbons (Fsp3) is 0.385. The van der Waals surface area contributed by atoms with Crippen molar-refractivity contribution in [3.8, 4) is 0 Å². The zero-order valence-corrected chi connectivity index (χ0v) is 9.60. The minimum atomic E-state index is 0.339. The molecule has 1 aromatic heterocycles.